The third-order valence-corrected chi connectivity index (χ3v) is 4.54. The third-order valence-electron chi connectivity index (χ3n) is 4.54. The van der Waals surface area contributed by atoms with Gasteiger partial charge in [-0.05, 0) is 29.7 Å². The first-order valence-corrected chi connectivity index (χ1v) is 8.61. The predicted molar refractivity (Wildman–Crippen MR) is 100.0 cm³/mol. The molecule has 2 heterocycles. The van der Waals surface area contributed by atoms with E-state index in [1.165, 1.54) is 11.1 Å². The summed E-state index contributed by atoms with van der Waals surface area (Å²) in [5.41, 5.74) is 2.56. The van der Waals surface area contributed by atoms with Gasteiger partial charge in [0.25, 0.3) is 0 Å². The molecule has 134 valence electrons. The zero-order chi connectivity index (χ0) is 18.0. The maximum absolute atomic E-state index is 5.45. The van der Waals surface area contributed by atoms with Crippen molar-refractivity contribution in [3.63, 3.8) is 0 Å². The Morgan fingerprint density at radius 2 is 1.72 bits per heavy atom. The Balaban J connectivity index is 1.93. The highest BCUT2D eigenvalue weighted by Crippen LogP contribution is 2.34. The molecule has 6 nitrogen and oxygen atoms in total. The first-order chi connectivity index (χ1) is 12.0. The second-order valence-corrected chi connectivity index (χ2v) is 6.52. The number of benzene rings is 1. The number of nitrogens with one attached hydrogen (secondary N) is 1. The number of nitrogens with zero attached hydrogens (tertiary/aromatic N) is 3. The van der Waals surface area contributed by atoms with Crippen molar-refractivity contribution in [2.24, 2.45) is 0 Å². The molecular weight excluding hydrogens is 316 g/mol. The summed E-state index contributed by atoms with van der Waals surface area (Å²) in [7, 11) is 5.23. The van der Waals surface area contributed by atoms with Crippen LogP contribution in [0.15, 0.2) is 18.2 Å². The number of ether oxygens (including phenoxy) is 2. The molecule has 1 N–H and O–H groups in total. The minimum atomic E-state index is 0.286. The molecule has 25 heavy (non-hydrogen) atoms. The summed E-state index contributed by atoms with van der Waals surface area (Å²) in [6.45, 7) is 5.94. The second kappa shape index (κ2) is 7.17. The van der Waals surface area contributed by atoms with Crippen molar-refractivity contribution in [1.29, 1.82) is 0 Å². The molecule has 0 fully saturated rings. The van der Waals surface area contributed by atoms with Crippen molar-refractivity contribution >= 4 is 11.6 Å². The van der Waals surface area contributed by atoms with Gasteiger partial charge in [0.1, 0.15) is 17.5 Å². The van der Waals surface area contributed by atoms with Crippen LogP contribution in [0.2, 0.25) is 0 Å². The Morgan fingerprint density at radius 1 is 1.04 bits per heavy atom. The van der Waals surface area contributed by atoms with Gasteiger partial charge in [-0.1, -0.05) is 13.8 Å². The molecular formula is C19H26N4O2. The Labute approximate surface area is 149 Å². The maximum Gasteiger partial charge on any atom is 0.161 e. The van der Waals surface area contributed by atoms with Gasteiger partial charge >= 0.3 is 0 Å². The zero-order valence-corrected chi connectivity index (χ0v) is 15.6. The van der Waals surface area contributed by atoms with Gasteiger partial charge in [-0.15, -0.1) is 0 Å². The summed E-state index contributed by atoms with van der Waals surface area (Å²) in [5.74, 6) is 4.52. The van der Waals surface area contributed by atoms with Crippen LogP contribution in [0.5, 0.6) is 11.5 Å². The lowest BCUT2D eigenvalue weighted by Crippen LogP contribution is -2.31. The van der Waals surface area contributed by atoms with Gasteiger partial charge in [-0.2, -0.15) is 0 Å². The van der Waals surface area contributed by atoms with E-state index in [0.29, 0.717) is 0 Å². The molecule has 0 bridgehead atoms. The molecule has 0 saturated heterocycles. The summed E-state index contributed by atoms with van der Waals surface area (Å²) >= 11 is 0. The lowest BCUT2D eigenvalue weighted by atomic mass is 9.99. The summed E-state index contributed by atoms with van der Waals surface area (Å²) in [4.78, 5) is 11.6. The van der Waals surface area contributed by atoms with Crippen molar-refractivity contribution in [3.05, 3.63) is 35.2 Å². The quantitative estimate of drug-likeness (QED) is 0.900. The van der Waals surface area contributed by atoms with Crippen LogP contribution in [-0.2, 0) is 13.0 Å². The number of anilines is 2. The largest absolute Gasteiger partial charge is 0.493 e. The van der Waals surface area contributed by atoms with E-state index in [0.717, 1.165) is 48.5 Å². The Bertz CT molecular complexity index is 761. The summed E-state index contributed by atoms with van der Waals surface area (Å²) in [6, 6.07) is 6.17. The van der Waals surface area contributed by atoms with E-state index in [4.69, 9.17) is 14.5 Å². The summed E-state index contributed by atoms with van der Waals surface area (Å²) in [5, 5.41) is 3.14. The highest BCUT2D eigenvalue weighted by molar-refractivity contribution is 5.54. The predicted octanol–water partition coefficient (Wildman–Crippen LogP) is 3.22. The van der Waals surface area contributed by atoms with Crippen molar-refractivity contribution < 1.29 is 9.47 Å². The standard InChI is InChI=1S/C19H26N4O2/c1-12(2)19-21-17(20-3)10-18(22-19)23-7-6-13-8-15(24-4)16(25-5)9-14(13)11-23/h8-10,12H,6-7,11H2,1-5H3,(H,20,21,22). The molecule has 0 radical (unpaired) electrons. The number of hydrogen-bond acceptors (Lipinski definition) is 6. The lowest BCUT2D eigenvalue weighted by Gasteiger charge is -2.31. The first kappa shape index (κ1) is 17.3. The lowest BCUT2D eigenvalue weighted by molar-refractivity contribution is 0.353. The van der Waals surface area contributed by atoms with Crippen LogP contribution in [0, 0.1) is 0 Å². The maximum atomic E-state index is 5.45. The molecule has 1 aliphatic rings. The number of rotatable bonds is 5. The fourth-order valence-corrected chi connectivity index (χ4v) is 3.08. The third kappa shape index (κ3) is 3.48. The minimum absolute atomic E-state index is 0.286. The van der Waals surface area contributed by atoms with Gasteiger partial charge in [0.2, 0.25) is 0 Å². The van der Waals surface area contributed by atoms with Crippen LogP contribution in [0.25, 0.3) is 0 Å². The average molecular weight is 342 g/mol. The topological polar surface area (TPSA) is 59.5 Å². The smallest absolute Gasteiger partial charge is 0.161 e. The molecule has 0 unspecified atom stereocenters. The molecule has 1 aromatic heterocycles. The van der Waals surface area contributed by atoms with Gasteiger partial charge < -0.3 is 19.7 Å². The highest BCUT2D eigenvalue weighted by atomic mass is 16.5. The number of aromatic nitrogens is 2. The Morgan fingerprint density at radius 3 is 2.32 bits per heavy atom. The van der Waals surface area contributed by atoms with E-state index in [1.807, 2.05) is 13.1 Å². The normalized spacial score (nSPS) is 13.6. The van der Waals surface area contributed by atoms with Gasteiger partial charge in [-0.25, -0.2) is 9.97 Å². The van der Waals surface area contributed by atoms with Crippen LogP contribution >= 0.6 is 0 Å². The van der Waals surface area contributed by atoms with Crippen molar-refractivity contribution in [2.45, 2.75) is 32.7 Å². The van der Waals surface area contributed by atoms with Gasteiger partial charge in [0.15, 0.2) is 11.5 Å². The van der Waals surface area contributed by atoms with Crippen LogP contribution < -0.4 is 19.7 Å². The van der Waals surface area contributed by atoms with E-state index < -0.39 is 0 Å². The fourth-order valence-electron chi connectivity index (χ4n) is 3.08. The van der Waals surface area contributed by atoms with Gasteiger partial charge in [0, 0.05) is 32.1 Å². The highest BCUT2D eigenvalue weighted by Gasteiger charge is 2.21. The fraction of sp³-hybridized carbons (Fsp3) is 0.474. The number of hydrogen-bond donors (Lipinski definition) is 1. The van der Waals surface area contributed by atoms with Crippen LogP contribution in [0.1, 0.15) is 36.7 Å². The summed E-state index contributed by atoms with van der Waals surface area (Å²) < 4.78 is 10.9. The van der Waals surface area contributed by atoms with E-state index in [-0.39, 0.29) is 5.92 Å². The molecule has 0 saturated carbocycles. The van der Waals surface area contributed by atoms with E-state index in [9.17, 15) is 0 Å². The zero-order valence-electron chi connectivity index (χ0n) is 15.6. The molecule has 2 aromatic rings. The molecule has 0 atom stereocenters. The SMILES string of the molecule is CNc1cc(N2CCc3cc(OC)c(OC)cc3C2)nc(C(C)C)n1. The van der Waals surface area contributed by atoms with Crippen LogP contribution in [0.4, 0.5) is 11.6 Å². The summed E-state index contributed by atoms with van der Waals surface area (Å²) in [6.07, 6.45) is 0.950. The molecule has 1 aromatic carbocycles. The van der Waals surface area contributed by atoms with Crippen molar-refractivity contribution in [2.75, 3.05) is 38.0 Å². The molecule has 0 spiro atoms. The van der Waals surface area contributed by atoms with Crippen molar-refractivity contribution in [3.8, 4) is 11.5 Å². The van der Waals surface area contributed by atoms with Gasteiger partial charge in [-0.3, -0.25) is 0 Å². The second-order valence-electron chi connectivity index (χ2n) is 6.52. The Kier molecular flexibility index (Phi) is 4.97. The minimum Gasteiger partial charge on any atom is -0.493 e. The van der Waals surface area contributed by atoms with E-state index in [2.05, 4.69) is 41.2 Å². The molecule has 0 amide bonds. The Hall–Kier alpha value is -2.50. The van der Waals surface area contributed by atoms with Crippen molar-refractivity contribution in [1.82, 2.24) is 9.97 Å². The van der Waals surface area contributed by atoms with E-state index >= 15 is 0 Å². The van der Waals surface area contributed by atoms with Crippen LogP contribution in [0.3, 0.4) is 0 Å². The number of methoxy groups -OCH3 is 2. The monoisotopic (exact) mass is 342 g/mol. The average Bonchev–Trinajstić information content (AvgIpc) is 2.65. The van der Waals surface area contributed by atoms with Gasteiger partial charge in [0.05, 0.1) is 14.2 Å². The molecule has 1 aliphatic heterocycles. The first-order valence-electron chi connectivity index (χ1n) is 8.61. The number of fused-ring (bicyclic) bond motifs is 1. The molecule has 0 aliphatic carbocycles. The molecule has 6 heteroatoms. The molecule has 3 rings (SSSR count). The van der Waals surface area contributed by atoms with Crippen LogP contribution in [-0.4, -0.2) is 37.8 Å². The van der Waals surface area contributed by atoms with E-state index in [1.54, 1.807) is 14.2 Å².